The molecule has 76 valence electrons. The minimum absolute atomic E-state index is 0.362. The van der Waals surface area contributed by atoms with Crippen LogP contribution < -0.4 is 0 Å². The lowest BCUT2D eigenvalue weighted by Crippen LogP contribution is -1.99. The van der Waals surface area contributed by atoms with E-state index in [9.17, 15) is 19.6 Å². The van der Waals surface area contributed by atoms with Crippen LogP contribution in [0.15, 0.2) is 18.2 Å². The van der Waals surface area contributed by atoms with E-state index in [1.54, 1.807) is 6.92 Å². The zero-order valence-corrected chi connectivity index (χ0v) is 7.61. The van der Waals surface area contributed by atoms with Crippen LogP contribution in [0.3, 0.4) is 0 Å². The summed E-state index contributed by atoms with van der Waals surface area (Å²) in [4.78, 5) is 9.56. The summed E-state index contributed by atoms with van der Waals surface area (Å²) in [6.07, 6.45) is -0.350. The maximum Gasteiger partial charge on any atom is 0.305 e. The molecule has 0 bridgehead atoms. The Hall–Kier alpha value is -1.49. The average molecular weight is 199 g/mol. The Labute approximate surface area is 80.1 Å². The van der Waals surface area contributed by atoms with E-state index < -0.39 is 22.5 Å². The lowest BCUT2D eigenvalue weighted by Gasteiger charge is -2.07. The van der Waals surface area contributed by atoms with Crippen LogP contribution in [0.25, 0.3) is 0 Å². The first-order valence-electron chi connectivity index (χ1n) is 4.18. The van der Waals surface area contributed by atoms with Gasteiger partial charge in [0, 0.05) is 6.07 Å². The van der Waals surface area contributed by atoms with Crippen molar-refractivity contribution in [3.63, 3.8) is 0 Å². The van der Waals surface area contributed by atoms with E-state index >= 15 is 0 Å². The third-order valence-electron chi connectivity index (χ3n) is 1.94. The fraction of sp³-hybridized carbons (Fsp3) is 0.333. The first kappa shape index (κ1) is 10.6. The summed E-state index contributed by atoms with van der Waals surface area (Å²) >= 11 is 0. The summed E-state index contributed by atoms with van der Waals surface area (Å²) in [6, 6.07) is 3.40. The van der Waals surface area contributed by atoms with Gasteiger partial charge in [0.05, 0.1) is 11.0 Å². The van der Waals surface area contributed by atoms with E-state index in [2.05, 4.69) is 0 Å². The minimum Gasteiger partial charge on any atom is -0.388 e. The maximum atomic E-state index is 12.9. The zero-order chi connectivity index (χ0) is 10.7. The number of nitro benzene ring substituents is 1. The molecule has 0 saturated carbocycles. The fourth-order valence-corrected chi connectivity index (χ4v) is 1.11. The summed E-state index contributed by atoms with van der Waals surface area (Å²) in [6.45, 7) is 1.74. The van der Waals surface area contributed by atoms with Crippen molar-refractivity contribution in [2.45, 2.75) is 19.4 Å². The van der Waals surface area contributed by atoms with E-state index in [0.717, 1.165) is 12.1 Å². The number of halogens is 1. The molecule has 0 fully saturated rings. The van der Waals surface area contributed by atoms with Crippen LogP contribution >= 0.6 is 0 Å². The Balaban J connectivity index is 3.12. The van der Waals surface area contributed by atoms with Gasteiger partial charge in [0.25, 0.3) is 0 Å². The summed E-state index contributed by atoms with van der Waals surface area (Å²) in [5.74, 6) is -0.887. The molecule has 5 heteroatoms. The molecule has 1 aromatic carbocycles. The second kappa shape index (κ2) is 4.15. The Morgan fingerprint density at radius 2 is 2.29 bits per heavy atom. The van der Waals surface area contributed by atoms with Crippen LogP contribution in [0.2, 0.25) is 0 Å². The highest BCUT2D eigenvalue weighted by Crippen LogP contribution is 2.23. The van der Waals surface area contributed by atoms with E-state index in [1.165, 1.54) is 6.07 Å². The number of rotatable bonds is 3. The van der Waals surface area contributed by atoms with Crippen molar-refractivity contribution in [2.24, 2.45) is 0 Å². The van der Waals surface area contributed by atoms with Gasteiger partial charge in [-0.25, -0.2) is 0 Å². The molecule has 0 heterocycles. The number of aliphatic hydroxyl groups is 1. The third kappa shape index (κ3) is 2.05. The molecule has 1 unspecified atom stereocenters. The molecular weight excluding hydrogens is 189 g/mol. The van der Waals surface area contributed by atoms with Gasteiger partial charge in [-0.3, -0.25) is 10.1 Å². The number of nitro groups is 1. The van der Waals surface area contributed by atoms with Gasteiger partial charge in [0.2, 0.25) is 5.82 Å². The smallest absolute Gasteiger partial charge is 0.305 e. The van der Waals surface area contributed by atoms with Gasteiger partial charge in [-0.15, -0.1) is 0 Å². The highest BCUT2D eigenvalue weighted by atomic mass is 19.1. The molecular formula is C9H10FNO3. The van der Waals surface area contributed by atoms with Gasteiger partial charge < -0.3 is 5.11 Å². The van der Waals surface area contributed by atoms with Gasteiger partial charge in [-0.2, -0.15) is 4.39 Å². The molecule has 1 aromatic rings. The number of hydrogen-bond donors (Lipinski definition) is 1. The molecule has 1 atom stereocenters. The van der Waals surface area contributed by atoms with Gasteiger partial charge in [-0.05, 0) is 18.1 Å². The summed E-state index contributed by atoms with van der Waals surface area (Å²) in [5.41, 5.74) is -0.240. The van der Waals surface area contributed by atoms with E-state index in [4.69, 9.17) is 0 Å². The molecule has 0 saturated heterocycles. The van der Waals surface area contributed by atoms with Crippen molar-refractivity contribution in [1.29, 1.82) is 0 Å². The SMILES string of the molecule is CCC(O)c1ccc(F)c([N+](=O)[O-])c1. The summed E-state index contributed by atoms with van der Waals surface area (Å²) < 4.78 is 12.9. The van der Waals surface area contributed by atoms with Crippen LogP contribution in [0.4, 0.5) is 10.1 Å². The Bertz CT molecular complexity index is 354. The first-order chi connectivity index (χ1) is 6.56. The number of benzene rings is 1. The molecule has 0 amide bonds. The molecule has 0 radical (unpaired) electrons. The second-order valence-corrected chi connectivity index (χ2v) is 2.89. The molecule has 1 rings (SSSR count). The topological polar surface area (TPSA) is 63.4 Å². The number of nitrogens with zero attached hydrogens (tertiary/aromatic N) is 1. The highest BCUT2D eigenvalue weighted by molar-refractivity contribution is 5.36. The van der Waals surface area contributed by atoms with Gasteiger partial charge in [0.1, 0.15) is 0 Å². The van der Waals surface area contributed by atoms with Crippen LogP contribution in [-0.4, -0.2) is 10.0 Å². The van der Waals surface area contributed by atoms with E-state index in [1.807, 2.05) is 0 Å². The molecule has 0 aliphatic heterocycles. The van der Waals surface area contributed by atoms with Crippen molar-refractivity contribution >= 4 is 5.69 Å². The lowest BCUT2D eigenvalue weighted by atomic mass is 10.1. The Morgan fingerprint density at radius 1 is 1.64 bits per heavy atom. The van der Waals surface area contributed by atoms with Crippen molar-refractivity contribution in [2.75, 3.05) is 0 Å². The standard InChI is InChI=1S/C9H10FNO3/c1-2-9(12)6-3-4-7(10)8(5-6)11(13)14/h3-5,9,12H,2H2,1H3. The van der Waals surface area contributed by atoms with Crippen molar-refractivity contribution in [3.8, 4) is 0 Å². The average Bonchev–Trinajstić information content (AvgIpc) is 2.17. The largest absolute Gasteiger partial charge is 0.388 e. The van der Waals surface area contributed by atoms with Crippen molar-refractivity contribution in [1.82, 2.24) is 0 Å². The van der Waals surface area contributed by atoms with Gasteiger partial charge >= 0.3 is 5.69 Å². The van der Waals surface area contributed by atoms with Crippen LogP contribution in [0.1, 0.15) is 25.0 Å². The Morgan fingerprint density at radius 3 is 2.79 bits per heavy atom. The maximum absolute atomic E-state index is 12.9. The highest BCUT2D eigenvalue weighted by Gasteiger charge is 2.16. The predicted octanol–water partition coefficient (Wildman–Crippen LogP) is 2.18. The van der Waals surface area contributed by atoms with Crippen LogP contribution in [0.5, 0.6) is 0 Å². The van der Waals surface area contributed by atoms with Crippen molar-refractivity contribution in [3.05, 3.63) is 39.7 Å². The first-order valence-corrected chi connectivity index (χ1v) is 4.18. The predicted molar refractivity (Wildman–Crippen MR) is 48.3 cm³/mol. The minimum atomic E-state index is -0.887. The summed E-state index contributed by atoms with van der Waals surface area (Å²) in [5, 5.41) is 19.8. The van der Waals surface area contributed by atoms with Gasteiger partial charge in [-0.1, -0.05) is 13.0 Å². The molecule has 0 spiro atoms. The molecule has 14 heavy (non-hydrogen) atoms. The molecule has 0 aliphatic rings. The van der Waals surface area contributed by atoms with Crippen LogP contribution in [-0.2, 0) is 0 Å². The molecule has 4 nitrogen and oxygen atoms in total. The molecule has 0 aromatic heterocycles. The fourth-order valence-electron chi connectivity index (χ4n) is 1.11. The third-order valence-corrected chi connectivity index (χ3v) is 1.94. The molecule has 0 aliphatic carbocycles. The molecule has 1 N–H and O–H groups in total. The summed E-state index contributed by atoms with van der Waals surface area (Å²) in [7, 11) is 0. The number of hydrogen-bond acceptors (Lipinski definition) is 3. The van der Waals surface area contributed by atoms with Crippen LogP contribution in [0, 0.1) is 15.9 Å². The number of aliphatic hydroxyl groups excluding tert-OH is 1. The van der Waals surface area contributed by atoms with E-state index in [0.29, 0.717) is 12.0 Å². The quantitative estimate of drug-likeness (QED) is 0.599. The lowest BCUT2D eigenvalue weighted by molar-refractivity contribution is -0.387. The Kier molecular flexibility index (Phi) is 3.14. The monoisotopic (exact) mass is 199 g/mol. The zero-order valence-electron chi connectivity index (χ0n) is 7.61. The van der Waals surface area contributed by atoms with Gasteiger partial charge in [0.15, 0.2) is 0 Å². The second-order valence-electron chi connectivity index (χ2n) is 2.89. The van der Waals surface area contributed by atoms with E-state index in [-0.39, 0.29) is 0 Å². The normalized spacial score (nSPS) is 12.5. The van der Waals surface area contributed by atoms with Crippen molar-refractivity contribution < 1.29 is 14.4 Å².